The van der Waals surface area contributed by atoms with E-state index < -0.39 is 23.4 Å². The Morgan fingerprint density at radius 2 is 2.08 bits per heavy atom. The molecule has 1 unspecified atom stereocenters. The minimum atomic E-state index is -1.05. The minimum Gasteiger partial charge on any atom is -0.348 e. The van der Waals surface area contributed by atoms with E-state index in [1.165, 1.54) is 18.9 Å². The van der Waals surface area contributed by atoms with Crippen molar-refractivity contribution in [3.8, 4) is 0 Å². The Labute approximate surface area is 153 Å². The summed E-state index contributed by atoms with van der Waals surface area (Å²) in [4.78, 5) is 27.9. The lowest BCUT2D eigenvalue weighted by Crippen LogP contribution is -2.44. The Balaban J connectivity index is 1.81. The van der Waals surface area contributed by atoms with E-state index in [4.69, 9.17) is 0 Å². The van der Waals surface area contributed by atoms with Crippen molar-refractivity contribution in [3.05, 3.63) is 29.8 Å². The zero-order chi connectivity index (χ0) is 19.1. The highest BCUT2D eigenvalue weighted by Crippen LogP contribution is 2.18. The van der Waals surface area contributed by atoms with Gasteiger partial charge in [-0.15, -0.1) is 0 Å². The van der Waals surface area contributed by atoms with Crippen LogP contribution in [0.4, 0.5) is 14.5 Å². The quantitative estimate of drug-likeness (QED) is 0.621. The van der Waals surface area contributed by atoms with Gasteiger partial charge in [0.25, 0.3) is 0 Å². The summed E-state index contributed by atoms with van der Waals surface area (Å²) in [5.41, 5.74) is 0.161. The Morgan fingerprint density at radius 1 is 1.31 bits per heavy atom. The molecule has 2 amide bonds. The van der Waals surface area contributed by atoms with Gasteiger partial charge in [0.15, 0.2) is 11.6 Å². The van der Waals surface area contributed by atoms with E-state index in [0.717, 1.165) is 43.1 Å². The van der Waals surface area contributed by atoms with Gasteiger partial charge in [-0.3, -0.25) is 9.59 Å². The Hall–Kier alpha value is -2.02. The molecule has 1 fully saturated rings. The van der Waals surface area contributed by atoms with E-state index in [1.54, 1.807) is 6.92 Å². The molecule has 1 N–H and O–H groups in total. The Bertz CT molecular complexity index is 639. The number of nitrogens with one attached hydrogen (secondary N) is 1. The predicted molar refractivity (Wildman–Crippen MR) is 96.8 cm³/mol. The third-order valence-electron chi connectivity index (χ3n) is 4.65. The van der Waals surface area contributed by atoms with E-state index in [9.17, 15) is 18.4 Å². The second-order valence-electron chi connectivity index (χ2n) is 6.81. The van der Waals surface area contributed by atoms with Crippen molar-refractivity contribution in [2.24, 2.45) is 5.92 Å². The van der Waals surface area contributed by atoms with Gasteiger partial charge in [0, 0.05) is 31.4 Å². The molecule has 0 radical (unpaired) electrons. The molecule has 1 saturated heterocycles. The van der Waals surface area contributed by atoms with Gasteiger partial charge >= 0.3 is 11.8 Å². The monoisotopic (exact) mass is 367 g/mol. The summed E-state index contributed by atoms with van der Waals surface area (Å²) < 4.78 is 26.4. The predicted octanol–water partition coefficient (Wildman–Crippen LogP) is 2.56. The van der Waals surface area contributed by atoms with Crippen LogP contribution in [-0.2, 0) is 9.59 Å². The summed E-state index contributed by atoms with van der Waals surface area (Å²) in [6.45, 7) is 7.55. The largest absolute Gasteiger partial charge is 0.348 e. The number of hydrogen-bond donors (Lipinski definition) is 1. The number of carbonyl (C=O) groups is 2. The number of anilines is 1. The lowest BCUT2D eigenvalue weighted by atomic mass is 10.0. The molecule has 26 heavy (non-hydrogen) atoms. The van der Waals surface area contributed by atoms with Crippen LogP contribution < -0.4 is 10.2 Å². The van der Waals surface area contributed by atoms with Gasteiger partial charge in [0.2, 0.25) is 0 Å². The number of piperidine rings is 1. The molecule has 1 aliphatic rings. The number of nitrogens with zero attached hydrogens (tertiary/aromatic N) is 2. The average Bonchev–Trinajstić information content (AvgIpc) is 2.62. The molecule has 0 aromatic heterocycles. The molecule has 1 atom stereocenters. The highest BCUT2D eigenvalue weighted by Gasteiger charge is 2.23. The number of likely N-dealkylation sites (tertiary alicyclic amines) is 1. The van der Waals surface area contributed by atoms with Crippen LogP contribution in [0.3, 0.4) is 0 Å². The highest BCUT2D eigenvalue weighted by atomic mass is 19.2. The fourth-order valence-electron chi connectivity index (χ4n) is 3.29. The van der Waals surface area contributed by atoms with E-state index in [1.807, 2.05) is 0 Å². The summed E-state index contributed by atoms with van der Waals surface area (Å²) in [7, 11) is 0. The third kappa shape index (κ3) is 5.49. The molecule has 5 nitrogen and oxygen atoms in total. The number of carbonyl (C=O) groups excluding carboxylic acids is 2. The molecule has 0 bridgehead atoms. The van der Waals surface area contributed by atoms with Crippen LogP contribution in [0.15, 0.2) is 18.2 Å². The van der Waals surface area contributed by atoms with Crippen molar-refractivity contribution in [1.82, 2.24) is 10.2 Å². The lowest BCUT2D eigenvalue weighted by molar-refractivity contribution is -0.137. The molecule has 1 aromatic rings. The van der Waals surface area contributed by atoms with Gasteiger partial charge in [-0.2, -0.15) is 0 Å². The smallest absolute Gasteiger partial charge is 0.316 e. The molecule has 1 heterocycles. The summed E-state index contributed by atoms with van der Waals surface area (Å²) in [6.07, 6.45) is 3.23. The number of likely N-dealkylation sites (N-methyl/N-ethyl adjacent to an activating group) is 1. The third-order valence-corrected chi connectivity index (χ3v) is 4.65. The van der Waals surface area contributed by atoms with Crippen molar-refractivity contribution < 1.29 is 18.4 Å². The Kier molecular flexibility index (Phi) is 7.50. The van der Waals surface area contributed by atoms with Crippen molar-refractivity contribution in [2.75, 3.05) is 37.6 Å². The van der Waals surface area contributed by atoms with Gasteiger partial charge in [-0.25, -0.2) is 8.78 Å². The molecular weight excluding hydrogens is 340 g/mol. The molecular formula is C19H27F2N3O2. The summed E-state index contributed by atoms with van der Waals surface area (Å²) in [5, 5.41) is 2.62. The van der Waals surface area contributed by atoms with Crippen molar-refractivity contribution in [2.45, 2.75) is 33.1 Å². The van der Waals surface area contributed by atoms with E-state index in [-0.39, 0.29) is 12.2 Å². The minimum absolute atomic E-state index is 0.161. The van der Waals surface area contributed by atoms with Gasteiger partial charge in [0.1, 0.15) is 0 Å². The summed E-state index contributed by atoms with van der Waals surface area (Å²) in [6, 6.07) is 3.14. The van der Waals surface area contributed by atoms with Crippen LogP contribution in [0.2, 0.25) is 0 Å². The van der Waals surface area contributed by atoms with Crippen molar-refractivity contribution >= 4 is 17.5 Å². The van der Waals surface area contributed by atoms with E-state index >= 15 is 0 Å². The number of hydrogen-bond acceptors (Lipinski definition) is 3. The summed E-state index contributed by atoms with van der Waals surface area (Å²) >= 11 is 0. The molecule has 144 valence electrons. The molecule has 2 rings (SSSR count). The van der Waals surface area contributed by atoms with Gasteiger partial charge < -0.3 is 15.1 Å². The van der Waals surface area contributed by atoms with Gasteiger partial charge in [-0.1, -0.05) is 6.92 Å². The van der Waals surface area contributed by atoms with E-state index in [2.05, 4.69) is 17.1 Å². The van der Waals surface area contributed by atoms with E-state index in [0.29, 0.717) is 12.5 Å². The van der Waals surface area contributed by atoms with Crippen LogP contribution in [0.25, 0.3) is 0 Å². The summed E-state index contributed by atoms with van der Waals surface area (Å²) in [5.74, 6) is -2.85. The zero-order valence-corrected chi connectivity index (χ0v) is 15.4. The second-order valence-corrected chi connectivity index (χ2v) is 6.81. The first-order chi connectivity index (χ1) is 12.4. The first kappa shape index (κ1) is 20.3. The van der Waals surface area contributed by atoms with Gasteiger partial charge in [-0.05, 0) is 57.3 Å². The van der Waals surface area contributed by atoms with Crippen LogP contribution in [-0.4, -0.2) is 49.4 Å². The van der Waals surface area contributed by atoms with Crippen molar-refractivity contribution in [3.63, 3.8) is 0 Å². The topological polar surface area (TPSA) is 52.7 Å². The number of benzene rings is 1. The molecule has 0 aliphatic carbocycles. The molecule has 7 heteroatoms. The maximum atomic E-state index is 13.4. The lowest BCUT2D eigenvalue weighted by Gasteiger charge is -2.30. The zero-order valence-electron chi connectivity index (χ0n) is 15.4. The standard InChI is InChI=1S/C19H27F2N3O2/c1-3-24(15-7-8-16(20)17(21)12-15)19(26)18(25)22-9-5-11-23-10-4-6-14(2)13-23/h7-8,12,14H,3-6,9-11,13H2,1-2H3,(H,22,25). The maximum absolute atomic E-state index is 13.4. The number of amides is 2. The number of rotatable bonds is 6. The first-order valence-electron chi connectivity index (χ1n) is 9.19. The molecule has 1 aromatic carbocycles. The maximum Gasteiger partial charge on any atom is 0.316 e. The fourth-order valence-corrected chi connectivity index (χ4v) is 3.29. The first-order valence-corrected chi connectivity index (χ1v) is 9.19. The van der Waals surface area contributed by atoms with Gasteiger partial charge in [0.05, 0.1) is 0 Å². The molecule has 1 aliphatic heterocycles. The highest BCUT2D eigenvalue weighted by molar-refractivity contribution is 6.40. The SMILES string of the molecule is CCN(C(=O)C(=O)NCCCN1CCCC(C)C1)c1ccc(F)c(F)c1. The van der Waals surface area contributed by atoms with Crippen LogP contribution in [0, 0.1) is 17.6 Å². The average molecular weight is 367 g/mol. The van der Waals surface area contributed by atoms with Crippen LogP contribution in [0.1, 0.15) is 33.1 Å². The molecule has 0 saturated carbocycles. The number of halogens is 2. The van der Waals surface area contributed by atoms with Crippen LogP contribution in [0.5, 0.6) is 0 Å². The Morgan fingerprint density at radius 3 is 2.73 bits per heavy atom. The fraction of sp³-hybridized carbons (Fsp3) is 0.579. The normalized spacial score (nSPS) is 17.8. The second kappa shape index (κ2) is 9.62. The molecule has 0 spiro atoms. The van der Waals surface area contributed by atoms with Crippen molar-refractivity contribution in [1.29, 1.82) is 0 Å². The van der Waals surface area contributed by atoms with Crippen LogP contribution >= 0.6 is 0 Å².